The van der Waals surface area contributed by atoms with Crippen LogP contribution in [0.3, 0.4) is 0 Å². The summed E-state index contributed by atoms with van der Waals surface area (Å²) in [5.41, 5.74) is 4.66. The first-order valence-electron chi connectivity index (χ1n) is 19.4. The maximum atomic E-state index is 13.5. The zero-order valence-electron chi connectivity index (χ0n) is 32.7. The Morgan fingerprint density at radius 2 is 1.74 bits per heavy atom. The minimum Gasteiger partial charge on any atom is -0.384 e. The predicted octanol–water partition coefficient (Wildman–Crippen LogP) is 4.50. The molecule has 1 saturated heterocycles. The van der Waals surface area contributed by atoms with Gasteiger partial charge in [0.25, 0.3) is 17.7 Å². The Morgan fingerprint density at radius 1 is 0.948 bits per heavy atom. The van der Waals surface area contributed by atoms with E-state index in [2.05, 4.69) is 32.4 Å². The number of aryl methyl sites for hydroxylation is 1. The highest BCUT2D eigenvalue weighted by Crippen LogP contribution is 2.35. The minimum atomic E-state index is -1.05. The van der Waals surface area contributed by atoms with Crippen molar-refractivity contribution in [2.45, 2.75) is 78.0 Å². The van der Waals surface area contributed by atoms with Crippen molar-refractivity contribution >= 4 is 51.9 Å². The highest BCUT2D eigenvalue weighted by molar-refractivity contribution is 6.25. The molecular formula is C43H43N9O6. The average Bonchev–Trinajstić information content (AvgIpc) is 3.70. The summed E-state index contributed by atoms with van der Waals surface area (Å²) in [6.07, 6.45) is 4.83. The number of nitrogens with zero attached hydrogens (tertiary/aromatic N) is 6. The molecule has 5 aromatic rings. The fourth-order valence-corrected chi connectivity index (χ4v) is 8.02. The largest absolute Gasteiger partial charge is 0.384 e. The van der Waals surface area contributed by atoms with Gasteiger partial charge in [-0.25, -0.2) is 4.98 Å². The molecule has 15 nitrogen and oxygen atoms in total. The first-order chi connectivity index (χ1) is 27.8. The Balaban J connectivity index is 0.921. The van der Waals surface area contributed by atoms with E-state index >= 15 is 0 Å². The standard InChI is InChI=1S/C43H43N9O6/c1-5-35-47-38(34-23-50(24(2)53)18-19-51(34)35)27-9-6-8-25-20-32(46-22-29(25)27)26-12-13-31(45-21-26)39(55)49-43(3,4)16-17-44-30-11-7-10-28-37(30)42(58)52(41(28)57)33-14-15-36(54)48-40(33)56/h6-13,20-22,33,44H,5,14-19,23H2,1-4H3,(H,49,55)(H,48,54,56). The van der Waals surface area contributed by atoms with Gasteiger partial charge in [-0.3, -0.25) is 49.0 Å². The molecule has 0 radical (unpaired) electrons. The number of pyridine rings is 2. The van der Waals surface area contributed by atoms with Crippen LogP contribution in [-0.4, -0.2) is 89.4 Å². The number of fused-ring (bicyclic) bond motifs is 3. The third-order valence-electron chi connectivity index (χ3n) is 11.1. The Morgan fingerprint density at radius 3 is 2.48 bits per heavy atom. The number of aromatic nitrogens is 4. The SMILES string of the molecule is CCc1nc(-c2cccc3cc(-c4ccc(C(=O)NC(C)(C)CCNc5cccc6c5C(=O)N(C5CCC(=O)NC5=O)C6=O)nc4)ncc23)c2n1CCN(C(C)=O)C2. The van der Waals surface area contributed by atoms with Gasteiger partial charge in [0, 0.05) is 79.5 Å². The van der Waals surface area contributed by atoms with Gasteiger partial charge in [0.1, 0.15) is 17.6 Å². The first kappa shape index (κ1) is 38.1. The zero-order valence-corrected chi connectivity index (χ0v) is 32.7. The molecule has 3 aromatic heterocycles. The number of imide groups is 2. The van der Waals surface area contributed by atoms with E-state index in [0.717, 1.165) is 50.4 Å². The van der Waals surface area contributed by atoms with Gasteiger partial charge in [0.05, 0.1) is 34.8 Å². The second-order valence-corrected chi connectivity index (χ2v) is 15.5. The molecular weight excluding hydrogens is 739 g/mol. The van der Waals surface area contributed by atoms with Gasteiger partial charge in [-0.1, -0.05) is 31.2 Å². The molecule has 15 heteroatoms. The lowest BCUT2D eigenvalue weighted by Gasteiger charge is -2.28. The van der Waals surface area contributed by atoms with Crippen LogP contribution >= 0.6 is 0 Å². The van der Waals surface area contributed by atoms with E-state index in [1.807, 2.05) is 55.3 Å². The highest BCUT2D eigenvalue weighted by Gasteiger charge is 2.45. The Kier molecular flexibility index (Phi) is 9.83. The van der Waals surface area contributed by atoms with Crippen LogP contribution < -0.4 is 16.0 Å². The van der Waals surface area contributed by atoms with Crippen molar-refractivity contribution in [3.63, 3.8) is 0 Å². The molecule has 1 unspecified atom stereocenters. The number of hydrogen-bond acceptors (Lipinski definition) is 10. The van der Waals surface area contributed by atoms with Crippen LogP contribution in [0.1, 0.15) is 89.7 Å². The number of nitrogens with one attached hydrogen (secondary N) is 3. The van der Waals surface area contributed by atoms with Crippen molar-refractivity contribution in [3.05, 3.63) is 95.3 Å². The molecule has 0 aliphatic carbocycles. The van der Waals surface area contributed by atoms with E-state index < -0.39 is 35.2 Å². The van der Waals surface area contributed by atoms with E-state index in [-0.39, 0.29) is 41.5 Å². The second-order valence-electron chi connectivity index (χ2n) is 15.5. The molecule has 3 aliphatic heterocycles. The zero-order chi connectivity index (χ0) is 40.9. The van der Waals surface area contributed by atoms with E-state index in [4.69, 9.17) is 9.97 Å². The summed E-state index contributed by atoms with van der Waals surface area (Å²) in [7, 11) is 0. The molecule has 296 valence electrons. The summed E-state index contributed by atoms with van der Waals surface area (Å²) in [4.78, 5) is 93.5. The molecule has 1 atom stereocenters. The van der Waals surface area contributed by atoms with Crippen LogP contribution in [-0.2, 0) is 33.9 Å². The first-order valence-corrected chi connectivity index (χ1v) is 19.4. The maximum absolute atomic E-state index is 13.5. The van der Waals surface area contributed by atoms with Gasteiger partial charge in [-0.15, -0.1) is 0 Å². The van der Waals surface area contributed by atoms with Crippen molar-refractivity contribution in [1.29, 1.82) is 0 Å². The summed E-state index contributed by atoms with van der Waals surface area (Å²) < 4.78 is 2.24. The fraction of sp³-hybridized carbons (Fsp3) is 0.326. The van der Waals surface area contributed by atoms with Crippen molar-refractivity contribution in [2.24, 2.45) is 0 Å². The Hall–Kier alpha value is -6.77. The van der Waals surface area contributed by atoms with Crippen LogP contribution in [0, 0.1) is 0 Å². The molecule has 0 bridgehead atoms. The summed E-state index contributed by atoms with van der Waals surface area (Å²) in [6.45, 7) is 9.69. The van der Waals surface area contributed by atoms with Gasteiger partial charge >= 0.3 is 0 Å². The summed E-state index contributed by atoms with van der Waals surface area (Å²) in [5.74, 6) is -1.58. The lowest BCUT2D eigenvalue weighted by molar-refractivity contribution is -0.136. The van der Waals surface area contributed by atoms with Crippen LogP contribution in [0.15, 0.2) is 67.0 Å². The third-order valence-corrected chi connectivity index (χ3v) is 11.1. The van der Waals surface area contributed by atoms with Gasteiger partial charge in [-0.2, -0.15) is 0 Å². The summed E-state index contributed by atoms with van der Waals surface area (Å²) in [6, 6.07) is 15.4. The molecule has 58 heavy (non-hydrogen) atoms. The van der Waals surface area contributed by atoms with E-state index in [9.17, 15) is 28.8 Å². The molecule has 3 aliphatic rings. The van der Waals surface area contributed by atoms with Crippen LogP contribution in [0.5, 0.6) is 0 Å². The Labute approximate surface area is 334 Å². The molecule has 1 fully saturated rings. The van der Waals surface area contributed by atoms with Crippen LogP contribution in [0.2, 0.25) is 0 Å². The van der Waals surface area contributed by atoms with Gasteiger partial charge in [0.2, 0.25) is 17.7 Å². The number of carbonyl (C=O) groups excluding carboxylic acids is 6. The second kappa shape index (κ2) is 15.0. The monoisotopic (exact) mass is 781 g/mol. The lowest BCUT2D eigenvalue weighted by atomic mass is 9.99. The smallest absolute Gasteiger partial charge is 0.270 e. The van der Waals surface area contributed by atoms with Gasteiger partial charge < -0.3 is 20.1 Å². The molecule has 6 amide bonds. The van der Waals surface area contributed by atoms with E-state index in [0.29, 0.717) is 44.0 Å². The molecule has 0 saturated carbocycles. The van der Waals surface area contributed by atoms with Crippen molar-refractivity contribution < 1.29 is 28.8 Å². The lowest BCUT2D eigenvalue weighted by Crippen LogP contribution is -2.54. The fourth-order valence-electron chi connectivity index (χ4n) is 8.02. The number of piperidine rings is 1. The average molecular weight is 782 g/mol. The molecule has 8 rings (SSSR count). The van der Waals surface area contributed by atoms with Crippen molar-refractivity contribution in [3.8, 4) is 22.5 Å². The van der Waals surface area contributed by atoms with Crippen LogP contribution in [0.25, 0.3) is 33.3 Å². The molecule has 3 N–H and O–H groups in total. The number of carbonyl (C=O) groups is 6. The number of imidazole rings is 1. The highest BCUT2D eigenvalue weighted by atomic mass is 16.2. The van der Waals surface area contributed by atoms with Gasteiger partial charge in [-0.05, 0) is 62.4 Å². The third kappa shape index (κ3) is 6.96. The summed E-state index contributed by atoms with van der Waals surface area (Å²) >= 11 is 0. The molecule has 2 aromatic carbocycles. The topological polar surface area (TPSA) is 189 Å². The van der Waals surface area contributed by atoms with E-state index in [1.165, 1.54) is 0 Å². The number of amides is 6. The van der Waals surface area contributed by atoms with Crippen molar-refractivity contribution in [2.75, 3.05) is 18.4 Å². The minimum absolute atomic E-state index is 0.0397. The number of benzene rings is 2. The van der Waals surface area contributed by atoms with Gasteiger partial charge in [0.15, 0.2) is 0 Å². The number of hydrogen-bond donors (Lipinski definition) is 3. The Bertz CT molecular complexity index is 2540. The van der Waals surface area contributed by atoms with Crippen LogP contribution in [0.4, 0.5) is 5.69 Å². The molecule has 0 spiro atoms. The number of rotatable bonds is 10. The van der Waals surface area contributed by atoms with E-state index in [1.54, 1.807) is 37.4 Å². The predicted molar refractivity (Wildman–Crippen MR) is 214 cm³/mol. The number of anilines is 1. The van der Waals surface area contributed by atoms with Crippen molar-refractivity contribution in [1.82, 2.24) is 40.0 Å². The molecule has 6 heterocycles. The quantitative estimate of drug-likeness (QED) is 0.170. The maximum Gasteiger partial charge on any atom is 0.270 e. The normalized spacial score (nSPS) is 16.7. The summed E-state index contributed by atoms with van der Waals surface area (Å²) in [5, 5.41) is 10.4.